The van der Waals surface area contributed by atoms with Crippen molar-refractivity contribution in [3.05, 3.63) is 34.1 Å². The highest BCUT2D eigenvalue weighted by molar-refractivity contribution is 9.10. The summed E-state index contributed by atoms with van der Waals surface area (Å²) in [6.07, 6.45) is 1.95. The molecule has 1 aliphatic heterocycles. The van der Waals surface area contributed by atoms with Crippen molar-refractivity contribution in [2.24, 2.45) is 0 Å². The van der Waals surface area contributed by atoms with Crippen LogP contribution in [0.2, 0.25) is 0 Å². The molecule has 1 saturated heterocycles. The molecule has 0 aromatic heterocycles. The summed E-state index contributed by atoms with van der Waals surface area (Å²) in [6, 6.07) is 4.76. The molecule has 1 aromatic carbocycles. The van der Waals surface area contributed by atoms with Gasteiger partial charge in [-0.2, -0.15) is 0 Å². The van der Waals surface area contributed by atoms with Crippen LogP contribution >= 0.6 is 15.9 Å². The van der Waals surface area contributed by atoms with Crippen LogP contribution in [-0.2, 0) is 0 Å². The van der Waals surface area contributed by atoms with Gasteiger partial charge in [0.2, 0.25) is 0 Å². The molecule has 0 bridgehead atoms. The van der Waals surface area contributed by atoms with E-state index in [1.54, 1.807) is 17.0 Å². The fourth-order valence-electron chi connectivity index (χ4n) is 2.40. The maximum absolute atomic E-state index is 13.8. The predicted octanol–water partition coefficient (Wildman–Crippen LogP) is 2.41. The minimum absolute atomic E-state index is 0.139. The van der Waals surface area contributed by atoms with Gasteiger partial charge in [0.25, 0.3) is 5.91 Å². The fourth-order valence-corrected chi connectivity index (χ4v) is 2.91. The minimum Gasteiger partial charge on any atom is -0.334 e. The Hall–Kier alpha value is -0.940. The number of halogens is 2. The van der Waals surface area contributed by atoms with Crippen LogP contribution in [0.5, 0.6) is 0 Å². The number of likely N-dealkylation sites (tertiary alicyclic amines) is 1. The highest BCUT2D eigenvalue weighted by Gasteiger charge is 2.31. The molecule has 1 heterocycles. The molecule has 1 fully saturated rings. The molecule has 1 aliphatic rings. The number of nitrogens with one attached hydrogen (secondary N) is 1. The predicted molar refractivity (Wildman–Crippen MR) is 72.1 cm³/mol. The zero-order valence-corrected chi connectivity index (χ0v) is 11.8. The lowest BCUT2D eigenvalue weighted by Crippen LogP contribution is -2.41. The highest BCUT2D eigenvalue weighted by atomic mass is 79.9. The summed E-state index contributed by atoms with van der Waals surface area (Å²) in [4.78, 5) is 14.2. The maximum Gasteiger partial charge on any atom is 0.258 e. The highest BCUT2D eigenvalue weighted by Crippen LogP contribution is 2.25. The van der Waals surface area contributed by atoms with Gasteiger partial charge < -0.3 is 10.2 Å². The number of nitrogens with zero attached hydrogens (tertiary/aromatic N) is 1. The Morgan fingerprint density at radius 3 is 3.06 bits per heavy atom. The number of rotatable bonds is 3. The van der Waals surface area contributed by atoms with Crippen molar-refractivity contribution in [3.63, 3.8) is 0 Å². The van der Waals surface area contributed by atoms with Crippen LogP contribution in [-0.4, -0.2) is 37.0 Å². The van der Waals surface area contributed by atoms with Gasteiger partial charge in [-0.3, -0.25) is 4.79 Å². The summed E-state index contributed by atoms with van der Waals surface area (Å²) in [7, 11) is 1.86. The van der Waals surface area contributed by atoms with Crippen LogP contribution in [0.3, 0.4) is 0 Å². The molecule has 0 spiro atoms. The number of amides is 1. The second kappa shape index (κ2) is 5.80. The Kier molecular flexibility index (Phi) is 4.35. The minimum atomic E-state index is -0.468. The molecule has 1 amide bonds. The average molecular weight is 315 g/mol. The van der Waals surface area contributed by atoms with Crippen LogP contribution in [0, 0.1) is 5.82 Å². The van der Waals surface area contributed by atoms with E-state index < -0.39 is 5.82 Å². The van der Waals surface area contributed by atoms with E-state index in [0.29, 0.717) is 11.0 Å². The number of benzene rings is 1. The molecule has 98 valence electrons. The summed E-state index contributed by atoms with van der Waals surface area (Å²) in [5, 5.41) is 3.08. The molecular formula is C13H16BrFN2O. The fraction of sp³-hybridized carbons (Fsp3) is 0.462. The van der Waals surface area contributed by atoms with E-state index in [9.17, 15) is 9.18 Å². The quantitative estimate of drug-likeness (QED) is 0.929. The van der Waals surface area contributed by atoms with Crippen molar-refractivity contribution >= 4 is 21.8 Å². The molecule has 18 heavy (non-hydrogen) atoms. The van der Waals surface area contributed by atoms with E-state index in [0.717, 1.165) is 19.4 Å². The summed E-state index contributed by atoms with van der Waals surface area (Å²) < 4.78 is 14.3. The van der Waals surface area contributed by atoms with E-state index in [4.69, 9.17) is 0 Å². The number of carbonyl (C=O) groups excluding carboxylic acids is 1. The summed E-state index contributed by atoms with van der Waals surface area (Å²) in [5.41, 5.74) is 0.139. The Bertz CT molecular complexity index is 432. The first-order chi connectivity index (χ1) is 8.65. The van der Waals surface area contributed by atoms with Crippen molar-refractivity contribution in [3.8, 4) is 0 Å². The number of hydrogen-bond donors (Lipinski definition) is 1. The van der Waals surface area contributed by atoms with Crippen molar-refractivity contribution < 1.29 is 9.18 Å². The van der Waals surface area contributed by atoms with Gasteiger partial charge in [-0.1, -0.05) is 6.07 Å². The van der Waals surface area contributed by atoms with Crippen LogP contribution in [0.25, 0.3) is 0 Å². The largest absolute Gasteiger partial charge is 0.334 e. The van der Waals surface area contributed by atoms with Gasteiger partial charge in [-0.05, 0) is 48.0 Å². The smallest absolute Gasteiger partial charge is 0.258 e. The van der Waals surface area contributed by atoms with Crippen molar-refractivity contribution in [2.75, 3.05) is 20.1 Å². The lowest BCUT2D eigenvalue weighted by Gasteiger charge is -2.25. The summed E-state index contributed by atoms with van der Waals surface area (Å²) >= 11 is 3.25. The van der Waals surface area contributed by atoms with Crippen LogP contribution in [0.4, 0.5) is 4.39 Å². The Morgan fingerprint density at radius 2 is 2.39 bits per heavy atom. The number of likely N-dealkylation sites (N-methyl/N-ethyl adjacent to an activating group) is 1. The van der Waals surface area contributed by atoms with Gasteiger partial charge >= 0.3 is 0 Å². The van der Waals surface area contributed by atoms with E-state index in [-0.39, 0.29) is 17.5 Å². The monoisotopic (exact) mass is 314 g/mol. The molecule has 5 heteroatoms. The van der Waals surface area contributed by atoms with Crippen LogP contribution in [0.1, 0.15) is 23.2 Å². The van der Waals surface area contributed by atoms with Crippen molar-refractivity contribution in [2.45, 2.75) is 18.9 Å². The van der Waals surface area contributed by atoms with Gasteiger partial charge in [0.05, 0.1) is 5.56 Å². The van der Waals surface area contributed by atoms with Crippen molar-refractivity contribution in [1.29, 1.82) is 0 Å². The van der Waals surface area contributed by atoms with Gasteiger partial charge in [0.15, 0.2) is 0 Å². The SMILES string of the molecule is CNCC1CCCN1C(=O)c1c(F)cccc1Br. The molecule has 1 unspecified atom stereocenters. The normalized spacial score (nSPS) is 19.3. The van der Waals surface area contributed by atoms with E-state index in [1.807, 2.05) is 7.05 Å². The molecule has 1 N–H and O–H groups in total. The second-order valence-corrected chi connectivity index (χ2v) is 5.30. The molecule has 2 rings (SSSR count). The molecule has 0 radical (unpaired) electrons. The molecule has 1 aromatic rings. The third-order valence-corrected chi connectivity index (χ3v) is 3.92. The molecular weight excluding hydrogens is 299 g/mol. The molecule has 1 atom stereocenters. The van der Waals surface area contributed by atoms with E-state index in [2.05, 4.69) is 21.2 Å². The van der Waals surface area contributed by atoms with Crippen LogP contribution < -0.4 is 5.32 Å². The van der Waals surface area contributed by atoms with Gasteiger partial charge in [-0.15, -0.1) is 0 Å². The average Bonchev–Trinajstić information content (AvgIpc) is 2.77. The number of carbonyl (C=O) groups is 1. The molecule has 0 saturated carbocycles. The Labute approximate surface area is 114 Å². The standard InChI is InChI=1S/C13H16BrFN2O/c1-16-8-9-4-3-7-17(9)13(18)12-10(14)5-2-6-11(12)15/h2,5-6,9,16H,3-4,7-8H2,1H3. The van der Waals surface area contributed by atoms with E-state index in [1.165, 1.54) is 6.07 Å². The molecule has 0 aliphatic carbocycles. The van der Waals surface area contributed by atoms with Gasteiger partial charge in [0.1, 0.15) is 5.82 Å². The van der Waals surface area contributed by atoms with Gasteiger partial charge in [0, 0.05) is 23.6 Å². The lowest BCUT2D eigenvalue weighted by atomic mass is 10.1. The lowest BCUT2D eigenvalue weighted by molar-refractivity contribution is 0.0731. The number of hydrogen-bond acceptors (Lipinski definition) is 2. The third-order valence-electron chi connectivity index (χ3n) is 3.25. The first-order valence-electron chi connectivity index (χ1n) is 6.04. The Balaban J connectivity index is 2.25. The van der Waals surface area contributed by atoms with Crippen LogP contribution in [0.15, 0.2) is 22.7 Å². The summed E-state index contributed by atoms with van der Waals surface area (Å²) in [6.45, 7) is 1.45. The van der Waals surface area contributed by atoms with Gasteiger partial charge in [-0.25, -0.2) is 4.39 Å². The van der Waals surface area contributed by atoms with E-state index >= 15 is 0 Å². The zero-order chi connectivity index (χ0) is 13.1. The topological polar surface area (TPSA) is 32.3 Å². The zero-order valence-electron chi connectivity index (χ0n) is 10.2. The maximum atomic E-state index is 13.8. The first kappa shape index (κ1) is 13.5. The first-order valence-corrected chi connectivity index (χ1v) is 6.84. The Morgan fingerprint density at radius 1 is 1.61 bits per heavy atom. The summed E-state index contributed by atoms with van der Waals surface area (Å²) in [5.74, 6) is -0.692. The third kappa shape index (κ3) is 2.57. The second-order valence-electron chi connectivity index (χ2n) is 4.45. The molecule has 3 nitrogen and oxygen atoms in total. The van der Waals surface area contributed by atoms with Crippen molar-refractivity contribution in [1.82, 2.24) is 10.2 Å².